The first-order valence-corrected chi connectivity index (χ1v) is 5.90. The number of nitrogens with one attached hydrogen (secondary N) is 2. The third kappa shape index (κ3) is 4.80. The van der Waals surface area contributed by atoms with Crippen molar-refractivity contribution in [1.29, 1.82) is 0 Å². The lowest BCUT2D eigenvalue weighted by Crippen LogP contribution is -2.43. The minimum atomic E-state index is -0.773. The Labute approximate surface area is 117 Å². The summed E-state index contributed by atoms with van der Waals surface area (Å²) in [5.41, 5.74) is 4.10. The Morgan fingerprint density at radius 3 is 2.72 bits per heavy atom. The molecule has 0 aliphatic heterocycles. The Morgan fingerprint density at radius 2 is 2.11 bits per heavy atom. The second-order valence-corrected chi connectivity index (χ2v) is 4.35. The Hall–Kier alpha value is -1.47. The zero-order chi connectivity index (χ0) is 13.5. The maximum absolute atomic E-state index is 11.3. The third-order valence-electron chi connectivity index (χ3n) is 1.74. The lowest BCUT2D eigenvalue weighted by atomic mass is 10.3. The van der Waals surface area contributed by atoms with E-state index in [0.717, 1.165) is 4.47 Å². The number of ether oxygens (including phenoxy) is 2. The fraction of sp³-hybridized carbons (Fsp3) is 0.200. The van der Waals surface area contributed by atoms with Crippen molar-refractivity contribution in [3.8, 4) is 5.75 Å². The van der Waals surface area contributed by atoms with E-state index in [1.54, 1.807) is 18.2 Å². The Bertz CT molecular complexity index is 456. The third-order valence-corrected chi connectivity index (χ3v) is 2.53. The normalized spacial score (nSPS) is 9.50. The van der Waals surface area contributed by atoms with Gasteiger partial charge in [0.1, 0.15) is 5.75 Å². The molecule has 1 rings (SSSR count). The van der Waals surface area contributed by atoms with Crippen molar-refractivity contribution in [2.45, 2.75) is 0 Å². The summed E-state index contributed by atoms with van der Waals surface area (Å²) in [6.07, 6.45) is -0.773. The molecule has 0 bridgehead atoms. The van der Waals surface area contributed by atoms with Crippen LogP contribution in [0, 0.1) is 0 Å². The second kappa shape index (κ2) is 7.07. The number of rotatable bonds is 3. The highest BCUT2D eigenvalue weighted by molar-refractivity contribution is 9.10. The molecule has 0 aliphatic carbocycles. The molecular formula is C10H10BrClN2O4. The van der Waals surface area contributed by atoms with Crippen LogP contribution in [0.4, 0.5) is 4.79 Å². The topological polar surface area (TPSA) is 76.7 Å². The quantitative estimate of drug-likeness (QED) is 0.826. The zero-order valence-corrected chi connectivity index (χ0v) is 11.7. The van der Waals surface area contributed by atoms with E-state index < -0.39 is 12.0 Å². The number of methoxy groups -OCH3 is 1. The summed E-state index contributed by atoms with van der Waals surface area (Å²) in [5.74, 6) is -0.174. The van der Waals surface area contributed by atoms with E-state index in [1.165, 1.54) is 7.11 Å². The molecule has 0 unspecified atom stereocenters. The minimum absolute atomic E-state index is 0.286. The standard InChI is InChI=1S/C10H10BrClN2O4/c1-17-10(16)14-13-9(15)5-18-8-3-2-6(11)4-7(8)12/h2-4H,5H2,1H3,(H,13,15)(H,14,16). The molecule has 8 heteroatoms. The summed E-state index contributed by atoms with van der Waals surface area (Å²) in [7, 11) is 1.18. The van der Waals surface area contributed by atoms with Crippen LogP contribution in [0.5, 0.6) is 5.75 Å². The lowest BCUT2D eigenvalue weighted by molar-refractivity contribution is -0.123. The van der Waals surface area contributed by atoms with Gasteiger partial charge < -0.3 is 9.47 Å². The summed E-state index contributed by atoms with van der Waals surface area (Å²) in [6, 6.07) is 4.99. The molecule has 1 aromatic carbocycles. The number of carbonyl (C=O) groups excluding carboxylic acids is 2. The van der Waals surface area contributed by atoms with Gasteiger partial charge in [-0.3, -0.25) is 10.2 Å². The first kappa shape index (κ1) is 14.6. The van der Waals surface area contributed by atoms with Crippen molar-refractivity contribution in [3.05, 3.63) is 27.7 Å². The van der Waals surface area contributed by atoms with Crippen molar-refractivity contribution in [2.24, 2.45) is 0 Å². The first-order chi connectivity index (χ1) is 8.52. The number of benzene rings is 1. The Kier molecular flexibility index (Phi) is 5.73. The van der Waals surface area contributed by atoms with Crippen LogP contribution in [-0.2, 0) is 9.53 Å². The van der Waals surface area contributed by atoms with Crippen LogP contribution in [0.2, 0.25) is 5.02 Å². The predicted octanol–water partition coefficient (Wildman–Crippen LogP) is 1.87. The fourth-order valence-corrected chi connectivity index (χ4v) is 1.67. The van der Waals surface area contributed by atoms with E-state index in [2.05, 4.69) is 26.1 Å². The molecule has 6 nitrogen and oxygen atoms in total. The molecule has 18 heavy (non-hydrogen) atoms. The van der Waals surface area contributed by atoms with E-state index in [1.807, 2.05) is 5.43 Å². The highest BCUT2D eigenvalue weighted by atomic mass is 79.9. The second-order valence-electron chi connectivity index (χ2n) is 3.03. The number of halogens is 2. The number of hydrogen-bond acceptors (Lipinski definition) is 4. The molecule has 2 N–H and O–H groups in total. The predicted molar refractivity (Wildman–Crippen MR) is 68.3 cm³/mol. The molecule has 0 atom stereocenters. The molecule has 0 aliphatic rings. The van der Waals surface area contributed by atoms with Gasteiger partial charge in [-0.2, -0.15) is 0 Å². The summed E-state index contributed by atoms with van der Waals surface area (Å²) in [5, 5.41) is 0.373. The highest BCUT2D eigenvalue weighted by Gasteiger charge is 2.07. The van der Waals surface area contributed by atoms with Crippen LogP contribution in [0.3, 0.4) is 0 Å². The molecule has 0 saturated carbocycles. The molecular weight excluding hydrogens is 327 g/mol. The molecule has 0 spiro atoms. The van der Waals surface area contributed by atoms with Crippen molar-refractivity contribution in [3.63, 3.8) is 0 Å². The summed E-state index contributed by atoms with van der Waals surface area (Å²) in [4.78, 5) is 21.9. The van der Waals surface area contributed by atoms with E-state index in [4.69, 9.17) is 16.3 Å². The van der Waals surface area contributed by atoms with Crippen LogP contribution in [0.15, 0.2) is 22.7 Å². The van der Waals surface area contributed by atoms with Crippen LogP contribution in [0.1, 0.15) is 0 Å². The van der Waals surface area contributed by atoms with Crippen molar-refractivity contribution >= 4 is 39.5 Å². The van der Waals surface area contributed by atoms with Crippen LogP contribution in [-0.4, -0.2) is 25.7 Å². The van der Waals surface area contributed by atoms with E-state index >= 15 is 0 Å². The number of amides is 2. The summed E-state index contributed by atoms with van der Waals surface area (Å²) in [6.45, 7) is -0.286. The lowest BCUT2D eigenvalue weighted by Gasteiger charge is -2.09. The molecule has 0 heterocycles. The van der Waals surface area contributed by atoms with Crippen LogP contribution < -0.4 is 15.6 Å². The number of carbonyl (C=O) groups is 2. The molecule has 2 amide bonds. The van der Waals surface area contributed by atoms with Crippen LogP contribution >= 0.6 is 27.5 Å². The van der Waals surface area contributed by atoms with E-state index in [0.29, 0.717) is 10.8 Å². The monoisotopic (exact) mass is 336 g/mol. The van der Waals surface area contributed by atoms with Crippen LogP contribution in [0.25, 0.3) is 0 Å². The number of hydrogen-bond donors (Lipinski definition) is 2. The van der Waals surface area contributed by atoms with Gasteiger partial charge in [0, 0.05) is 4.47 Å². The van der Waals surface area contributed by atoms with Gasteiger partial charge in [0.25, 0.3) is 5.91 Å². The molecule has 98 valence electrons. The van der Waals surface area contributed by atoms with Crippen molar-refractivity contribution < 1.29 is 19.1 Å². The maximum Gasteiger partial charge on any atom is 0.425 e. The summed E-state index contributed by atoms with van der Waals surface area (Å²) < 4.78 is 10.2. The summed E-state index contributed by atoms with van der Waals surface area (Å²) >= 11 is 9.13. The highest BCUT2D eigenvalue weighted by Crippen LogP contribution is 2.27. The van der Waals surface area contributed by atoms with Gasteiger partial charge in [0.2, 0.25) is 0 Å². The van der Waals surface area contributed by atoms with Crippen molar-refractivity contribution in [1.82, 2.24) is 10.9 Å². The minimum Gasteiger partial charge on any atom is -0.482 e. The zero-order valence-electron chi connectivity index (χ0n) is 9.33. The largest absolute Gasteiger partial charge is 0.482 e. The Balaban J connectivity index is 2.40. The van der Waals surface area contributed by atoms with Crippen molar-refractivity contribution in [2.75, 3.05) is 13.7 Å². The number of hydrazine groups is 1. The average Bonchev–Trinajstić information content (AvgIpc) is 2.34. The van der Waals surface area contributed by atoms with Gasteiger partial charge in [0.15, 0.2) is 6.61 Å². The van der Waals surface area contributed by atoms with Gasteiger partial charge >= 0.3 is 6.09 Å². The average molecular weight is 338 g/mol. The fourth-order valence-electron chi connectivity index (χ4n) is 0.943. The maximum atomic E-state index is 11.3. The first-order valence-electron chi connectivity index (χ1n) is 4.73. The smallest absolute Gasteiger partial charge is 0.425 e. The molecule has 0 fully saturated rings. The van der Waals surface area contributed by atoms with Gasteiger partial charge in [-0.1, -0.05) is 27.5 Å². The van der Waals surface area contributed by atoms with Gasteiger partial charge in [-0.05, 0) is 18.2 Å². The van der Waals surface area contributed by atoms with Gasteiger partial charge in [-0.15, -0.1) is 0 Å². The Morgan fingerprint density at radius 1 is 1.39 bits per heavy atom. The van der Waals surface area contributed by atoms with E-state index in [9.17, 15) is 9.59 Å². The molecule has 0 aromatic heterocycles. The van der Waals surface area contributed by atoms with Gasteiger partial charge in [-0.25, -0.2) is 10.2 Å². The SMILES string of the molecule is COC(=O)NNC(=O)COc1ccc(Br)cc1Cl. The van der Waals surface area contributed by atoms with Gasteiger partial charge in [0.05, 0.1) is 12.1 Å². The molecule has 0 radical (unpaired) electrons. The van der Waals surface area contributed by atoms with E-state index in [-0.39, 0.29) is 6.61 Å². The molecule has 1 aromatic rings. The molecule has 0 saturated heterocycles.